The molecular weight excluding hydrogens is 338 g/mol. The Kier molecular flexibility index (Phi) is 5.13. The van der Waals surface area contributed by atoms with Crippen molar-refractivity contribution in [2.24, 2.45) is 0 Å². The molecule has 0 bridgehead atoms. The summed E-state index contributed by atoms with van der Waals surface area (Å²) in [7, 11) is 0. The molecule has 2 heterocycles. The maximum atomic E-state index is 12.8. The molecule has 0 saturated carbocycles. The maximum Gasteiger partial charge on any atom is 0.255 e. The second-order valence-electron chi connectivity index (χ2n) is 6.44. The summed E-state index contributed by atoms with van der Waals surface area (Å²) < 4.78 is 0. The van der Waals surface area contributed by atoms with Crippen LogP contribution in [-0.2, 0) is 0 Å². The number of carbonyl (C=O) groups excluding carboxylic acids is 2. The molecule has 25 heavy (non-hydrogen) atoms. The molecule has 0 atom stereocenters. The summed E-state index contributed by atoms with van der Waals surface area (Å²) in [6, 6.07) is 8.87. The van der Waals surface area contributed by atoms with Crippen LogP contribution in [0.1, 0.15) is 38.5 Å². The number of aryl methyl sites for hydroxylation is 2. The van der Waals surface area contributed by atoms with Crippen LogP contribution in [0.2, 0.25) is 5.02 Å². The third-order valence-corrected chi connectivity index (χ3v) is 4.76. The van der Waals surface area contributed by atoms with Crippen molar-refractivity contribution in [3.63, 3.8) is 0 Å². The number of amides is 2. The van der Waals surface area contributed by atoms with Gasteiger partial charge in [0.05, 0.1) is 5.56 Å². The summed E-state index contributed by atoms with van der Waals surface area (Å²) in [5, 5.41) is 0.552. The monoisotopic (exact) mass is 359 g/mol. The molecule has 0 radical (unpaired) electrons. The second kappa shape index (κ2) is 7.31. The fourth-order valence-electron chi connectivity index (χ4n) is 3.24. The number of aromatic nitrogens is 1. The van der Waals surface area contributed by atoms with Gasteiger partial charge in [-0.3, -0.25) is 9.59 Å². The number of nitrogens with zero attached hydrogens (tertiary/aromatic N) is 2. The van der Waals surface area contributed by atoms with Gasteiger partial charge in [-0.05, 0) is 44.5 Å². The van der Waals surface area contributed by atoms with Crippen LogP contribution < -0.4 is 0 Å². The molecule has 1 aliphatic heterocycles. The zero-order valence-electron chi connectivity index (χ0n) is 14.5. The Morgan fingerprint density at radius 3 is 2.28 bits per heavy atom. The first-order valence-electron chi connectivity index (χ1n) is 8.46. The van der Waals surface area contributed by atoms with Crippen molar-refractivity contribution >= 4 is 23.4 Å². The first-order valence-corrected chi connectivity index (χ1v) is 8.84. The average Bonchev–Trinajstić information content (AvgIpc) is 2.79. The number of aromatic amines is 1. The molecule has 1 N–H and O–H groups in total. The highest BCUT2D eigenvalue weighted by molar-refractivity contribution is 6.30. The zero-order valence-corrected chi connectivity index (χ0v) is 15.3. The maximum absolute atomic E-state index is 12.8. The van der Waals surface area contributed by atoms with E-state index in [1.165, 1.54) is 0 Å². The van der Waals surface area contributed by atoms with Gasteiger partial charge in [-0.2, -0.15) is 0 Å². The SMILES string of the molecule is Cc1cc(C(=O)N2CCCN(C(=O)c3cccc(Cl)c3)CC2)c(C)[nH]1. The van der Waals surface area contributed by atoms with Crippen LogP contribution in [0.4, 0.5) is 0 Å². The molecule has 6 heteroatoms. The van der Waals surface area contributed by atoms with E-state index in [9.17, 15) is 9.59 Å². The largest absolute Gasteiger partial charge is 0.362 e. The van der Waals surface area contributed by atoms with Gasteiger partial charge < -0.3 is 14.8 Å². The first kappa shape index (κ1) is 17.5. The van der Waals surface area contributed by atoms with E-state index >= 15 is 0 Å². The van der Waals surface area contributed by atoms with E-state index in [1.807, 2.05) is 24.8 Å². The third-order valence-electron chi connectivity index (χ3n) is 4.52. The van der Waals surface area contributed by atoms with E-state index in [4.69, 9.17) is 11.6 Å². The van der Waals surface area contributed by atoms with Gasteiger partial charge in [-0.25, -0.2) is 0 Å². The summed E-state index contributed by atoms with van der Waals surface area (Å²) in [4.78, 5) is 32.2. The molecule has 1 aliphatic rings. The summed E-state index contributed by atoms with van der Waals surface area (Å²) in [6.45, 7) is 6.21. The van der Waals surface area contributed by atoms with E-state index in [0.717, 1.165) is 17.8 Å². The number of hydrogen-bond acceptors (Lipinski definition) is 2. The number of rotatable bonds is 2. The normalized spacial score (nSPS) is 15.2. The van der Waals surface area contributed by atoms with Crippen LogP contribution in [0, 0.1) is 13.8 Å². The molecular formula is C19H22ClN3O2. The number of halogens is 1. The van der Waals surface area contributed by atoms with Gasteiger partial charge in [-0.15, -0.1) is 0 Å². The number of carbonyl (C=O) groups is 2. The minimum atomic E-state index is -0.0366. The Morgan fingerprint density at radius 1 is 1.00 bits per heavy atom. The molecule has 1 aromatic carbocycles. The Hall–Kier alpha value is -2.27. The van der Waals surface area contributed by atoms with Gasteiger partial charge in [0, 0.05) is 48.2 Å². The standard InChI is InChI=1S/C19H22ClN3O2/c1-13-11-17(14(2)21-13)19(25)23-8-4-7-22(9-10-23)18(24)15-5-3-6-16(20)12-15/h3,5-6,11-12,21H,4,7-10H2,1-2H3. The van der Waals surface area contributed by atoms with E-state index in [0.29, 0.717) is 42.3 Å². The van der Waals surface area contributed by atoms with Gasteiger partial charge in [0.1, 0.15) is 0 Å². The first-order chi connectivity index (χ1) is 12.0. The average molecular weight is 360 g/mol. The Morgan fingerprint density at radius 2 is 1.68 bits per heavy atom. The second-order valence-corrected chi connectivity index (χ2v) is 6.88. The van der Waals surface area contributed by atoms with Gasteiger partial charge in [0.25, 0.3) is 11.8 Å². The molecule has 0 spiro atoms. The lowest BCUT2D eigenvalue weighted by atomic mass is 10.2. The van der Waals surface area contributed by atoms with Crippen molar-refractivity contribution in [3.05, 3.63) is 57.9 Å². The lowest BCUT2D eigenvalue weighted by Gasteiger charge is -2.22. The summed E-state index contributed by atoms with van der Waals surface area (Å²) >= 11 is 5.98. The molecule has 1 aromatic heterocycles. The van der Waals surface area contributed by atoms with Crippen molar-refractivity contribution in [2.75, 3.05) is 26.2 Å². The minimum absolute atomic E-state index is 0.0268. The highest BCUT2D eigenvalue weighted by Crippen LogP contribution is 2.17. The highest BCUT2D eigenvalue weighted by atomic mass is 35.5. The molecule has 1 saturated heterocycles. The smallest absolute Gasteiger partial charge is 0.255 e. The molecule has 132 valence electrons. The Labute approximate surface area is 152 Å². The molecule has 2 aromatic rings. The molecule has 5 nitrogen and oxygen atoms in total. The summed E-state index contributed by atoms with van der Waals surface area (Å²) in [5.41, 5.74) is 3.17. The van der Waals surface area contributed by atoms with E-state index < -0.39 is 0 Å². The Bertz CT molecular complexity index is 800. The van der Waals surface area contributed by atoms with Crippen molar-refractivity contribution < 1.29 is 9.59 Å². The van der Waals surface area contributed by atoms with Crippen LogP contribution in [0.3, 0.4) is 0 Å². The molecule has 3 rings (SSSR count). The van der Waals surface area contributed by atoms with Crippen LogP contribution in [0.5, 0.6) is 0 Å². The fourth-order valence-corrected chi connectivity index (χ4v) is 3.43. The number of hydrogen-bond donors (Lipinski definition) is 1. The van der Waals surface area contributed by atoms with Crippen LogP contribution in [0.25, 0.3) is 0 Å². The quantitative estimate of drug-likeness (QED) is 0.894. The van der Waals surface area contributed by atoms with Crippen LogP contribution in [-0.4, -0.2) is 52.8 Å². The minimum Gasteiger partial charge on any atom is -0.362 e. The van der Waals surface area contributed by atoms with E-state index in [2.05, 4.69) is 4.98 Å². The van der Waals surface area contributed by atoms with Crippen molar-refractivity contribution in [1.82, 2.24) is 14.8 Å². The van der Waals surface area contributed by atoms with Crippen LogP contribution >= 0.6 is 11.6 Å². The highest BCUT2D eigenvalue weighted by Gasteiger charge is 2.25. The lowest BCUT2D eigenvalue weighted by Crippen LogP contribution is -2.37. The fraction of sp³-hybridized carbons (Fsp3) is 0.368. The summed E-state index contributed by atoms with van der Waals surface area (Å²) in [5.74, 6) is -0.00984. The molecule has 2 amide bonds. The number of benzene rings is 1. The predicted octanol–water partition coefficient (Wildman–Crippen LogP) is 3.27. The third kappa shape index (κ3) is 3.87. The molecule has 0 aliphatic carbocycles. The molecule has 0 unspecified atom stereocenters. The zero-order chi connectivity index (χ0) is 18.0. The lowest BCUT2D eigenvalue weighted by molar-refractivity contribution is 0.0718. The van der Waals surface area contributed by atoms with Gasteiger partial charge in [0.15, 0.2) is 0 Å². The van der Waals surface area contributed by atoms with Gasteiger partial charge >= 0.3 is 0 Å². The van der Waals surface area contributed by atoms with Crippen molar-refractivity contribution in [3.8, 4) is 0 Å². The number of nitrogens with one attached hydrogen (secondary N) is 1. The number of H-pyrrole nitrogens is 1. The van der Waals surface area contributed by atoms with Gasteiger partial charge in [-0.1, -0.05) is 17.7 Å². The van der Waals surface area contributed by atoms with Crippen LogP contribution in [0.15, 0.2) is 30.3 Å². The topological polar surface area (TPSA) is 56.4 Å². The Balaban J connectivity index is 1.69. The van der Waals surface area contributed by atoms with Crippen molar-refractivity contribution in [1.29, 1.82) is 0 Å². The predicted molar refractivity (Wildman–Crippen MR) is 98.1 cm³/mol. The molecule has 1 fully saturated rings. The van der Waals surface area contributed by atoms with Gasteiger partial charge in [0.2, 0.25) is 0 Å². The summed E-state index contributed by atoms with van der Waals surface area (Å²) in [6.07, 6.45) is 0.764. The van der Waals surface area contributed by atoms with Crippen molar-refractivity contribution in [2.45, 2.75) is 20.3 Å². The van der Waals surface area contributed by atoms with E-state index in [-0.39, 0.29) is 11.8 Å². The van der Waals surface area contributed by atoms with E-state index in [1.54, 1.807) is 29.2 Å².